The van der Waals surface area contributed by atoms with Crippen LogP contribution in [0.2, 0.25) is 5.02 Å². The van der Waals surface area contributed by atoms with E-state index in [1.165, 1.54) is 0 Å². The molecule has 1 saturated heterocycles. The van der Waals surface area contributed by atoms with Gasteiger partial charge in [-0.2, -0.15) is 0 Å². The molecule has 1 fully saturated rings. The third-order valence-electron chi connectivity index (χ3n) is 4.29. The van der Waals surface area contributed by atoms with Gasteiger partial charge in [-0.25, -0.2) is 5.01 Å². The van der Waals surface area contributed by atoms with E-state index in [2.05, 4.69) is 5.32 Å². The first-order valence-electron chi connectivity index (χ1n) is 9.16. The molecule has 0 spiro atoms. The second kappa shape index (κ2) is 9.31. The van der Waals surface area contributed by atoms with Gasteiger partial charge in [-0.15, -0.1) is 5.10 Å². The fourth-order valence-electron chi connectivity index (χ4n) is 2.92. The fourth-order valence-corrected chi connectivity index (χ4v) is 4.40. The number of hydrogen-bond acceptors (Lipinski definition) is 4. The summed E-state index contributed by atoms with van der Waals surface area (Å²) in [5.41, 5.74) is 2.85. The first-order valence-corrected chi connectivity index (χ1v) is 10.9. The SMILES string of the molecule is S=C(Nc1cccc(Cl)c1)N1CCSC1=NN(c1ccccc1)c1ccccc1. The lowest BCUT2D eigenvalue weighted by atomic mass is 10.2. The molecule has 0 saturated carbocycles. The molecule has 1 heterocycles. The lowest BCUT2D eigenvalue weighted by Crippen LogP contribution is -2.36. The smallest absolute Gasteiger partial charge is 0.190 e. The molecular weight excluding hydrogens is 420 g/mol. The van der Waals surface area contributed by atoms with E-state index in [1.807, 2.05) is 94.8 Å². The Bertz CT molecular complexity index is 972. The Balaban J connectivity index is 1.62. The normalized spacial score (nSPS) is 14.8. The standard InChI is InChI=1S/C22H19ClN4S2/c23-17-8-7-9-18(16-17)24-21(28)26-14-15-29-22(26)25-27(19-10-3-1-4-11-19)20-12-5-2-6-13-20/h1-13,16H,14-15H2,(H,24,28). The van der Waals surface area contributed by atoms with Gasteiger partial charge in [0.2, 0.25) is 0 Å². The number of nitrogens with one attached hydrogen (secondary N) is 1. The van der Waals surface area contributed by atoms with Crippen LogP contribution in [0.25, 0.3) is 0 Å². The maximum Gasteiger partial charge on any atom is 0.190 e. The van der Waals surface area contributed by atoms with Gasteiger partial charge in [0.05, 0.1) is 11.4 Å². The minimum Gasteiger partial charge on any atom is -0.332 e. The molecule has 3 aromatic rings. The van der Waals surface area contributed by atoms with Crippen LogP contribution in [-0.2, 0) is 0 Å². The predicted octanol–water partition coefficient (Wildman–Crippen LogP) is 6.19. The van der Waals surface area contributed by atoms with E-state index in [1.54, 1.807) is 11.8 Å². The zero-order valence-corrected chi connectivity index (χ0v) is 17.9. The number of thioether (sulfide) groups is 1. The van der Waals surface area contributed by atoms with Gasteiger partial charge >= 0.3 is 0 Å². The zero-order chi connectivity index (χ0) is 20.1. The number of para-hydroxylation sites is 2. The van der Waals surface area contributed by atoms with Crippen molar-refractivity contribution in [2.75, 3.05) is 22.6 Å². The van der Waals surface area contributed by atoms with Gasteiger partial charge in [0.1, 0.15) is 0 Å². The molecule has 29 heavy (non-hydrogen) atoms. The molecule has 4 nitrogen and oxygen atoms in total. The van der Waals surface area contributed by atoms with Gasteiger partial charge in [-0.05, 0) is 54.7 Å². The van der Waals surface area contributed by atoms with Crippen LogP contribution >= 0.6 is 35.6 Å². The highest BCUT2D eigenvalue weighted by atomic mass is 35.5. The Morgan fingerprint density at radius 1 is 0.966 bits per heavy atom. The Hall–Kier alpha value is -2.54. The summed E-state index contributed by atoms with van der Waals surface area (Å²) in [7, 11) is 0. The molecule has 3 aromatic carbocycles. The van der Waals surface area contributed by atoms with Crippen molar-refractivity contribution in [2.24, 2.45) is 5.10 Å². The summed E-state index contributed by atoms with van der Waals surface area (Å²) in [6.45, 7) is 0.799. The minimum absolute atomic E-state index is 0.608. The zero-order valence-electron chi connectivity index (χ0n) is 15.5. The summed E-state index contributed by atoms with van der Waals surface area (Å²) in [5.74, 6) is 0.924. The molecule has 0 aromatic heterocycles. The van der Waals surface area contributed by atoms with Crippen LogP contribution in [0.4, 0.5) is 17.1 Å². The number of benzene rings is 3. The molecule has 0 radical (unpaired) electrons. The third kappa shape index (κ3) is 4.90. The minimum atomic E-state index is 0.608. The van der Waals surface area contributed by atoms with Gasteiger partial charge in [0, 0.05) is 23.0 Å². The highest BCUT2D eigenvalue weighted by Gasteiger charge is 2.25. The van der Waals surface area contributed by atoms with Crippen LogP contribution in [0.5, 0.6) is 0 Å². The number of rotatable bonds is 4. The first-order chi connectivity index (χ1) is 14.2. The average Bonchev–Trinajstić information content (AvgIpc) is 3.22. The number of hydrazone groups is 1. The Kier molecular flexibility index (Phi) is 6.34. The Labute approximate surface area is 185 Å². The van der Waals surface area contributed by atoms with Crippen LogP contribution in [-0.4, -0.2) is 27.5 Å². The molecule has 1 N–H and O–H groups in total. The maximum absolute atomic E-state index is 6.09. The topological polar surface area (TPSA) is 30.9 Å². The predicted molar refractivity (Wildman–Crippen MR) is 129 cm³/mol. The van der Waals surface area contributed by atoms with E-state index < -0.39 is 0 Å². The van der Waals surface area contributed by atoms with Crippen LogP contribution in [0.15, 0.2) is 90.0 Å². The highest BCUT2D eigenvalue weighted by Crippen LogP contribution is 2.28. The van der Waals surface area contributed by atoms with Crippen molar-refractivity contribution < 1.29 is 0 Å². The van der Waals surface area contributed by atoms with Crippen LogP contribution < -0.4 is 10.3 Å². The number of halogens is 1. The van der Waals surface area contributed by atoms with Gasteiger partial charge in [0.15, 0.2) is 10.3 Å². The summed E-state index contributed by atoms with van der Waals surface area (Å²) in [6, 6.07) is 27.8. The number of thiocarbonyl (C=S) groups is 1. The quantitative estimate of drug-likeness (QED) is 0.387. The van der Waals surface area contributed by atoms with E-state index in [-0.39, 0.29) is 0 Å². The summed E-state index contributed by atoms with van der Waals surface area (Å²) in [6.07, 6.45) is 0. The largest absolute Gasteiger partial charge is 0.332 e. The monoisotopic (exact) mass is 438 g/mol. The van der Waals surface area contributed by atoms with E-state index in [0.717, 1.165) is 34.5 Å². The number of nitrogens with zero attached hydrogens (tertiary/aromatic N) is 3. The molecular formula is C22H19ClN4S2. The molecule has 7 heteroatoms. The molecule has 0 bridgehead atoms. The van der Waals surface area contributed by atoms with Crippen molar-refractivity contribution in [2.45, 2.75) is 0 Å². The van der Waals surface area contributed by atoms with Crippen LogP contribution in [0.1, 0.15) is 0 Å². The molecule has 1 aliphatic heterocycles. The van der Waals surface area contributed by atoms with Crippen LogP contribution in [0, 0.1) is 0 Å². The summed E-state index contributed by atoms with van der Waals surface area (Å²) < 4.78 is 0. The molecule has 146 valence electrons. The molecule has 0 atom stereocenters. The third-order valence-corrected chi connectivity index (χ3v) is 5.79. The summed E-state index contributed by atoms with van der Waals surface area (Å²) >= 11 is 13.4. The van der Waals surface area contributed by atoms with Crippen molar-refractivity contribution in [3.05, 3.63) is 90.0 Å². The Morgan fingerprint density at radius 2 is 1.62 bits per heavy atom. The molecule has 1 aliphatic rings. The second-order valence-corrected chi connectivity index (χ2v) is 8.19. The van der Waals surface area contributed by atoms with E-state index >= 15 is 0 Å². The second-order valence-electron chi connectivity index (χ2n) is 6.31. The van der Waals surface area contributed by atoms with Crippen molar-refractivity contribution in [1.82, 2.24) is 4.90 Å². The van der Waals surface area contributed by atoms with Gasteiger partial charge in [-0.3, -0.25) is 4.90 Å². The highest BCUT2D eigenvalue weighted by molar-refractivity contribution is 8.14. The number of hydrogen-bond donors (Lipinski definition) is 1. The van der Waals surface area contributed by atoms with Crippen LogP contribution in [0.3, 0.4) is 0 Å². The molecule has 0 amide bonds. The molecule has 4 rings (SSSR count). The van der Waals surface area contributed by atoms with Crippen molar-refractivity contribution in [3.63, 3.8) is 0 Å². The first kappa shape index (κ1) is 19.8. The van der Waals surface area contributed by atoms with Crippen molar-refractivity contribution in [3.8, 4) is 0 Å². The van der Waals surface area contributed by atoms with E-state index in [4.69, 9.17) is 28.9 Å². The summed E-state index contributed by atoms with van der Waals surface area (Å²) in [4.78, 5) is 2.03. The maximum atomic E-state index is 6.09. The van der Waals surface area contributed by atoms with Gasteiger partial charge in [0.25, 0.3) is 0 Å². The van der Waals surface area contributed by atoms with Crippen molar-refractivity contribution in [1.29, 1.82) is 0 Å². The van der Waals surface area contributed by atoms with E-state index in [0.29, 0.717) is 10.1 Å². The molecule has 0 unspecified atom stereocenters. The fraction of sp³-hybridized carbons (Fsp3) is 0.0909. The Morgan fingerprint density at radius 3 is 2.24 bits per heavy atom. The lowest BCUT2D eigenvalue weighted by molar-refractivity contribution is 0.683. The number of anilines is 3. The average molecular weight is 439 g/mol. The van der Waals surface area contributed by atoms with Gasteiger partial charge < -0.3 is 5.32 Å². The number of amidine groups is 1. The van der Waals surface area contributed by atoms with Gasteiger partial charge in [-0.1, -0.05) is 65.8 Å². The molecule has 0 aliphatic carbocycles. The van der Waals surface area contributed by atoms with Crippen molar-refractivity contribution >= 4 is 62.9 Å². The summed E-state index contributed by atoms with van der Waals surface area (Å²) in [5, 5.41) is 12.3. The lowest BCUT2D eigenvalue weighted by Gasteiger charge is -2.24. The van der Waals surface area contributed by atoms with E-state index in [9.17, 15) is 0 Å².